The fourth-order valence-corrected chi connectivity index (χ4v) is 2.90. The Hall–Kier alpha value is -2.60. The van der Waals surface area contributed by atoms with Gasteiger partial charge in [0.05, 0.1) is 11.3 Å². The van der Waals surface area contributed by atoms with Crippen LogP contribution in [0.15, 0.2) is 24.3 Å². The SMILES string of the molecule is Cc1ccc2c(c1)OCc1cc(C(C)(N)C(=O)O)n(C)c1C2=O. The van der Waals surface area contributed by atoms with Gasteiger partial charge >= 0.3 is 5.97 Å². The summed E-state index contributed by atoms with van der Waals surface area (Å²) in [5, 5.41) is 9.34. The zero-order valence-corrected chi connectivity index (χ0v) is 13.2. The van der Waals surface area contributed by atoms with Crippen LogP contribution < -0.4 is 10.5 Å². The summed E-state index contributed by atoms with van der Waals surface area (Å²) in [5.41, 5.74) is 7.23. The number of aromatic nitrogens is 1. The number of hydrogen-bond donors (Lipinski definition) is 2. The zero-order chi connectivity index (χ0) is 16.9. The van der Waals surface area contributed by atoms with E-state index in [2.05, 4.69) is 0 Å². The second-order valence-electron chi connectivity index (χ2n) is 6.09. The monoisotopic (exact) mass is 314 g/mol. The van der Waals surface area contributed by atoms with Crippen LogP contribution in [0, 0.1) is 6.92 Å². The molecule has 0 spiro atoms. The van der Waals surface area contributed by atoms with Gasteiger partial charge in [-0.2, -0.15) is 0 Å². The first-order chi connectivity index (χ1) is 10.7. The highest BCUT2D eigenvalue weighted by Crippen LogP contribution is 2.32. The molecule has 1 aromatic heterocycles. The molecule has 0 saturated heterocycles. The number of carboxylic acid groups (broad SMARTS) is 1. The topological polar surface area (TPSA) is 94.5 Å². The first-order valence-electron chi connectivity index (χ1n) is 7.23. The smallest absolute Gasteiger partial charge is 0.329 e. The van der Waals surface area contributed by atoms with Gasteiger partial charge in [-0.15, -0.1) is 0 Å². The van der Waals surface area contributed by atoms with Crippen molar-refractivity contribution in [3.05, 3.63) is 52.3 Å². The van der Waals surface area contributed by atoms with E-state index in [4.69, 9.17) is 10.5 Å². The summed E-state index contributed by atoms with van der Waals surface area (Å²) < 4.78 is 7.30. The van der Waals surface area contributed by atoms with Gasteiger partial charge in [0.15, 0.2) is 5.54 Å². The first kappa shape index (κ1) is 15.3. The molecule has 0 saturated carbocycles. The number of carbonyl (C=O) groups is 2. The predicted molar refractivity (Wildman–Crippen MR) is 83.5 cm³/mol. The molecular weight excluding hydrogens is 296 g/mol. The van der Waals surface area contributed by atoms with Crippen LogP contribution in [0.3, 0.4) is 0 Å². The number of nitrogens with zero attached hydrogens (tertiary/aromatic N) is 1. The molecule has 0 radical (unpaired) electrons. The Balaban J connectivity index is 2.18. The van der Waals surface area contributed by atoms with E-state index in [0.29, 0.717) is 28.3 Å². The van der Waals surface area contributed by atoms with Crippen molar-refractivity contribution in [3.63, 3.8) is 0 Å². The van der Waals surface area contributed by atoms with E-state index < -0.39 is 11.5 Å². The van der Waals surface area contributed by atoms with Crippen molar-refractivity contribution in [1.82, 2.24) is 4.57 Å². The first-order valence-corrected chi connectivity index (χ1v) is 7.23. The van der Waals surface area contributed by atoms with Crippen LogP contribution in [0.5, 0.6) is 5.75 Å². The Morgan fingerprint density at radius 1 is 1.39 bits per heavy atom. The summed E-state index contributed by atoms with van der Waals surface area (Å²) in [6.07, 6.45) is 0. The van der Waals surface area contributed by atoms with Gasteiger partial charge < -0.3 is 20.1 Å². The minimum Gasteiger partial charge on any atom is -0.488 e. The van der Waals surface area contributed by atoms with Gasteiger partial charge in [0, 0.05) is 18.3 Å². The fraction of sp³-hybridized carbons (Fsp3) is 0.294. The highest BCUT2D eigenvalue weighted by atomic mass is 16.5. The molecule has 23 heavy (non-hydrogen) atoms. The number of aliphatic carboxylic acids is 1. The third kappa shape index (κ3) is 2.22. The number of nitrogens with two attached hydrogens (primary N) is 1. The third-order valence-corrected chi connectivity index (χ3v) is 4.27. The van der Waals surface area contributed by atoms with Gasteiger partial charge in [-0.1, -0.05) is 6.07 Å². The van der Waals surface area contributed by atoms with Crippen molar-refractivity contribution in [3.8, 4) is 5.75 Å². The summed E-state index contributed by atoms with van der Waals surface area (Å²) in [4.78, 5) is 24.3. The van der Waals surface area contributed by atoms with E-state index in [-0.39, 0.29) is 12.4 Å². The molecule has 1 unspecified atom stereocenters. The summed E-state index contributed by atoms with van der Waals surface area (Å²) in [6.45, 7) is 3.53. The molecule has 0 bridgehead atoms. The van der Waals surface area contributed by atoms with Crippen LogP contribution in [0.2, 0.25) is 0 Å². The Kier molecular flexibility index (Phi) is 3.30. The number of rotatable bonds is 2. The standard InChI is InChI=1S/C17H18N2O4/c1-9-4-5-11-12(6-9)23-8-10-7-13(17(2,18)16(21)22)19(3)14(10)15(11)20/h4-7H,8,18H2,1-3H3,(H,21,22). The molecule has 120 valence electrons. The highest BCUT2D eigenvalue weighted by molar-refractivity contribution is 6.11. The Bertz CT molecular complexity index is 833. The lowest BCUT2D eigenvalue weighted by Crippen LogP contribution is -2.43. The van der Waals surface area contributed by atoms with E-state index in [1.54, 1.807) is 23.7 Å². The summed E-state index contributed by atoms with van der Waals surface area (Å²) in [5.74, 6) is -0.804. The van der Waals surface area contributed by atoms with E-state index in [0.717, 1.165) is 5.56 Å². The molecule has 0 fully saturated rings. The molecule has 3 N–H and O–H groups in total. The maximum Gasteiger partial charge on any atom is 0.329 e. The third-order valence-electron chi connectivity index (χ3n) is 4.27. The Labute approximate surface area is 133 Å². The van der Waals surface area contributed by atoms with Crippen LogP contribution >= 0.6 is 0 Å². The molecule has 1 aromatic carbocycles. The number of ether oxygens (including phenoxy) is 1. The van der Waals surface area contributed by atoms with Gasteiger partial charge in [-0.25, -0.2) is 4.79 Å². The number of ketones is 1. The highest BCUT2D eigenvalue weighted by Gasteiger charge is 2.37. The molecule has 2 aromatic rings. The van der Waals surface area contributed by atoms with Gasteiger partial charge in [0.2, 0.25) is 5.78 Å². The maximum absolute atomic E-state index is 12.9. The quantitative estimate of drug-likeness (QED) is 0.880. The molecular formula is C17H18N2O4. The van der Waals surface area contributed by atoms with E-state index in [9.17, 15) is 14.7 Å². The van der Waals surface area contributed by atoms with Crippen LogP contribution in [0.1, 0.15) is 39.8 Å². The van der Waals surface area contributed by atoms with Gasteiger partial charge in [0.1, 0.15) is 12.4 Å². The summed E-state index contributed by atoms with van der Waals surface area (Å²) in [6, 6.07) is 7.04. The lowest BCUT2D eigenvalue weighted by atomic mass is 9.99. The van der Waals surface area contributed by atoms with Gasteiger partial charge in [-0.05, 0) is 37.6 Å². The fourth-order valence-electron chi connectivity index (χ4n) is 2.90. The maximum atomic E-state index is 12.9. The van der Waals surface area contributed by atoms with Crippen molar-refractivity contribution in [2.24, 2.45) is 12.8 Å². The molecule has 6 heteroatoms. The van der Waals surface area contributed by atoms with Crippen molar-refractivity contribution in [1.29, 1.82) is 0 Å². The predicted octanol–water partition coefficient (Wildman–Crippen LogP) is 1.72. The number of aryl methyl sites for hydroxylation is 1. The number of fused-ring (bicyclic) bond motifs is 2. The Morgan fingerprint density at radius 2 is 2.09 bits per heavy atom. The molecule has 2 heterocycles. The van der Waals surface area contributed by atoms with Gasteiger partial charge in [-0.3, -0.25) is 4.79 Å². The second kappa shape index (κ2) is 4.96. The second-order valence-corrected chi connectivity index (χ2v) is 6.09. The van der Waals surface area contributed by atoms with E-state index >= 15 is 0 Å². The van der Waals surface area contributed by atoms with Crippen LogP contribution in [0.4, 0.5) is 0 Å². The molecule has 0 amide bonds. The van der Waals surface area contributed by atoms with Crippen molar-refractivity contribution in [2.75, 3.05) is 0 Å². The lowest BCUT2D eigenvalue weighted by Gasteiger charge is -2.21. The normalized spacial score (nSPS) is 15.9. The average Bonchev–Trinajstić information content (AvgIpc) is 2.74. The van der Waals surface area contributed by atoms with Crippen LogP contribution in [0.25, 0.3) is 0 Å². The number of hydrogen-bond acceptors (Lipinski definition) is 4. The van der Waals surface area contributed by atoms with Gasteiger partial charge in [0.25, 0.3) is 0 Å². The molecule has 0 aliphatic carbocycles. The lowest BCUT2D eigenvalue weighted by molar-refractivity contribution is -0.143. The van der Waals surface area contributed by atoms with Crippen molar-refractivity contribution in [2.45, 2.75) is 26.0 Å². The zero-order valence-electron chi connectivity index (χ0n) is 13.2. The average molecular weight is 314 g/mol. The molecule has 3 rings (SSSR count). The van der Waals surface area contributed by atoms with E-state index in [1.165, 1.54) is 6.92 Å². The van der Waals surface area contributed by atoms with E-state index in [1.807, 2.05) is 19.1 Å². The Morgan fingerprint density at radius 3 is 2.74 bits per heavy atom. The number of carboxylic acids is 1. The molecule has 1 aliphatic rings. The number of benzene rings is 1. The summed E-state index contributed by atoms with van der Waals surface area (Å²) >= 11 is 0. The van der Waals surface area contributed by atoms with Crippen molar-refractivity contribution >= 4 is 11.8 Å². The van der Waals surface area contributed by atoms with Crippen molar-refractivity contribution < 1.29 is 19.4 Å². The molecule has 1 atom stereocenters. The molecule has 6 nitrogen and oxygen atoms in total. The van der Waals surface area contributed by atoms with Crippen LogP contribution in [-0.4, -0.2) is 21.4 Å². The summed E-state index contributed by atoms with van der Waals surface area (Å²) in [7, 11) is 1.65. The van der Waals surface area contributed by atoms with Crippen LogP contribution in [-0.2, 0) is 24.0 Å². The minimum absolute atomic E-state index is 0.192. The number of carbonyl (C=O) groups excluding carboxylic acids is 1. The minimum atomic E-state index is -1.59. The molecule has 1 aliphatic heterocycles. The largest absolute Gasteiger partial charge is 0.488 e.